The number of nitrogens with one attached hydrogen (secondary N) is 2. The van der Waals surface area contributed by atoms with Gasteiger partial charge in [0.25, 0.3) is 0 Å². The fourth-order valence-corrected chi connectivity index (χ4v) is 5.04. The van der Waals surface area contributed by atoms with Gasteiger partial charge in [-0.15, -0.1) is 0 Å². The molecule has 0 aliphatic carbocycles. The van der Waals surface area contributed by atoms with Gasteiger partial charge in [0.1, 0.15) is 5.78 Å². The highest BCUT2D eigenvalue weighted by atomic mass is 16.5. The van der Waals surface area contributed by atoms with Crippen LogP contribution in [0.5, 0.6) is 0 Å². The minimum atomic E-state index is -0.115. The number of ether oxygens (including phenoxy) is 1. The van der Waals surface area contributed by atoms with Gasteiger partial charge < -0.3 is 15.4 Å². The number of hydrogen-bond donors (Lipinski definition) is 2. The van der Waals surface area contributed by atoms with E-state index in [1.807, 2.05) is 6.26 Å². The molecule has 2 saturated heterocycles. The number of carbonyl (C=O) groups excluding carboxylic acids is 1. The Hall–Kier alpha value is -0.870. The van der Waals surface area contributed by atoms with Crippen molar-refractivity contribution < 1.29 is 9.53 Å². The van der Waals surface area contributed by atoms with Gasteiger partial charge in [-0.2, -0.15) is 0 Å². The van der Waals surface area contributed by atoms with E-state index >= 15 is 0 Å². The maximum Gasteiger partial charge on any atom is 0.136 e. The van der Waals surface area contributed by atoms with E-state index in [-0.39, 0.29) is 22.2 Å². The second kappa shape index (κ2) is 6.45. The lowest BCUT2D eigenvalue weighted by Crippen LogP contribution is -2.62. The van der Waals surface area contributed by atoms with Crippen LogP contribution in [0.1, 0.15) is 80.1 Å². The maximum absolute atomic E-state index is 12.2. The number of methoxy groups -OCH3 is 1. The minimum absolute atomic E-state index is 0.0292. The van der Waals surface area contributed by atoms with E-state index < -0.39 is 0 Å². The fourth-order valence-electron chi connectivity index (χ4n) is 5.04. The zero-order chi connectivity index (χ0) is 18.2. The van der Waals surface area contributed by atoms with Crippen molar-refractivity contribution in [1.82, 2.24) is 10.6 Å². The van der Waals surface area contributed by atoms with E-state index in [1.165, 1.54) is 5.57 Å². The van der Waals surface area contributed by atoms with Gasteiger partial charge in [0.05, 0.1) is 13.4 Å². The Morgan fingerprint density at radius 2 is 1.38 bits per heavy atom. The lowest BCUT2D eigenvalue weighted by molar-refractivity contribution is -0.124. The number of ketones is 1. The summed E-state index contributed by atoms with van der Waals surface area (Å²) in [6.45, 7) is 13.3. The van der Waals surface area contributed by atoms with Crippen molar-refractivity contribution in [3.05, 3.63) is 11.8 Å². The molecular formula is C20H36N2O2. The molecule has 0 bridgehead atoms. The molecule has 0 aromatic heterocycles. The zero-order valence-corrected chi connectivity index (χ0v) is 16.6. The first kappa shape index (κ1) is 19.5. The molecule has 2 aliphatic rings. The van der Waals surface area contributed by atoms with Crippen molar-refractivity contribution in [2.45, 2.75) is 102 Å². The van der Waals surface area contributed by atoms with Crippen LogP contribution in [0.3, 0.4) is 0 Å². The van der Waals surface area contributed by atoms with Gasteiger partial charge in [-0.1, -0.05) is 0 Å². The third-order valence-electron chi connectivity index (χ3n) is 5.31. The van der Waals surface area contributed by atoms with Crippen molar-refractivity contribution in [2.75, 3.05) is 7.11 Å². The Bertz CT molecular complexity index is 524. The van der Waals surface area contributed by atoms with Gasteiger partial charge in [0, 0.05) is 35.0 Å². The molecule has 0 amide bonds. The van der Waals surface area contributed by atoms with E-state index in [0.717, 1.165) is 25.7 Å². The monoisotopic (exact) mass is 336 g/mol. The summed E-state index contributed by atoms with van der Waals surface area (Å²) in [4.78, 5) is 12.2. The lowest BCUT2D eigenvalue weighted by atomic mass is 9.72. The summed E-state index contributed by atoms with van der Waals surface area (Å²) < 4.78 is 5.28. The SMILES string of the molecule is CO/C=C1\CC(C)(C)NC(C)(CCC2(C)CC(=O)CC(C)(C)N2)C1. The Kier molecular flexibility index (Phi) is 5.23. The number of carbonyl (C=O) groups is 1. The van der Waals surface area contributed by atoms with Crippen LogP contribution >= 0.6 is 0 Å². The Balaban J connectivity index is 2.08. The van der Waals surface area contributed by atoms with Gasteiger partial charge in [0.2, 0.25) is 0 Å². The average Bonchev–Trinajstić information content (AvgIpc) is 2.31. The molecule has 4 heteroatoms. The standard InChI is InChI=1S/C20H36N2O2/c1-17(2)10-15(14-24-7)11-19(5,21-17)8-9-20(6)13-16(23)12-18(3,4)22-20/h14,21-22H,8-13H2,1-7H3/b15-14+. The molecule has 0 spiro atoms. The number of rotatable bonds is 4. The molecule has 2 rings (SSSR count). The highest BCUT2D eigenvalue weighted by molar-refractivity contribution is 5.81. The molecule has 2 unspecified atom stereocenters. The molecule has 24 heavy (non-hydrogen) atoms. The largest absolute Gasteiger partial charge is 0.504 e. The predicted octanol–water partition coefficient (Wildman–Crippen LogP) is 3.71. The number of hydrogen-bond acceptors (Lipinski definition) is 4. The van der Waals surface area contributed by atoms with Gasteiger partial charge >= 0.3 is 0 Å². The van der Waals surface area contributed by atoms with Crippen molar-refractivity contribution in [3.63, 3.8) is 0 Å². The topological polar surface area (TPSA) is 50.4 Å². The Morgan fingerprint density at radius 1 is 0.875 bits per heavy atom. The molecule has 0 aromatic carbocycles. The van der Waals surface area contributed by atoms with Crippen LogP contribution in [-0.2, 0) is 9.53 Å². The third-order valence-corrected chi connectivity index (χ3v) is 5.31. The highest BCUT2D eigenvalue weighted by Gasteiger charge is 2.43. The summed E-state index contributed by atoms with van der Waals surface area (Å²) in [6, 6.07) is 0. The number of Topliss-reactive ketones (excluding diaryl/α,β-unsaturated/α-hetero) is 1. The molecule has 2 atom stereocenters. The Labute approximate surface area is 147 Å². The maximum atomic E-state index is 12.2. The van der Waals surface area contributed by atoms with Crippen molar-refractivity contribution in [1.29, 1.82) is 0 Å². The van der Waals surface area contributed by atoms with E-state index in [2.05, 4.69) is 52.2 Å². The summed E-state index contributed by atoms with van der Waals surface area (Å²) in [6.07, 6.45) is 7.21. The van der Waals surface area contributed by atoms with Crippen LogP contribution in [0.15, 0.2) is 11.8 Å². The quantitative estimate of drug-likeness (QED) is 0.769. The van der Waals surface area contributed by atoms with Crippen LogP contribution in [0.25, 0.3) is 0 Å². The molecular weight excluding hydrogens is 300 g/mol. The Morgan fingerprint density at radius 3 is 1.88 bits per heavy atom. The first-order chi connectivity index (χ1) is 10.9. The van der Waals surface area contributed by atoms with Crippen LogP contribution in [0, 0.1) is 0 Å². The second-order valence-corrected chi connectivity index (χ2v) is 9.90. The smallest absolute Gasteiger partial charge is 0.136 e. The van der Waals surface area contributed by atoms with Crippen molar-refractivity contribution >= 4 is 5.78 Å². The average molecular weight is 337 g/mol. The van der Waals surface area contributed by atoms with Gasteiger partial charge in [-0.3, -0.25) is 4.79 Å². The molecule has 4 nitrogen and oxygen atoms in total. The molecule has 2 heterocycles. The van der Waals surface area contributed by atoms with Crippen molar-refractivity contribution in [3.8, 4) is 0 Å². The second-order valence-electron chi connectivity index (χ2n) is 9.90. The first-order valence-electron chi connectivity index (χ1n) is 9.17. The molecule has 2 N–H and O–H groups in total. The van der Waals surface area contributed by atoms with Gasteiger partial charge in [-0.25, -0.2) is 0 Å². The fraction of sp³-hybridized carbons (Fsp3) is 0.850. The van der Waals surface area contributed by atoms with Crippen LogP contribution in [0.2, 0.25) is 0 Å². The van der Waals surface area contributed by atoms with Gasteiger partial charge in [0.15, 0.2) is 0 Å². The number of piperidine rings is 2. The zero-order valence-electron chi connectivity index (χ0n) is 16.6. The summed E-state index contributed by atoms with van der Waals surface area (Å²) >= 11 is 0. The van der Waals surface area contributed by atoms with E-state index in [4.69, 9.17) is 4.74 Å². The molecule has 138 valence electrons. The van der Waals surface area contributed by atoms with E-state index in [9.17, 15) is 4.79 Å². The van der Waals surface area contributed by atoms with E-state index in [0.29, 0.717) is 18.6 Å². The molecule has 2 fully saturated rings. The predicted molar refractivity (Wildman–Crippen MR) is 99.0 cm³/mol. The first-order valence-corrected chi connectivity index (χ1v) is 9.17. The molecule has 0 saturated carbocycles. The van der Waals surface area contributed by atoms with Crippen molar-refractivity contribution in [2.24, 2.45) is 0 Å². The molecule has 0 aromatic rings. The van der Waals surface area contributed by atoms with Gasteiger partial charge in [-0.05, 0) is 72.8 Å². The summed E-state index contributed by atoms with van der Waals surface area (Å²) in [5.41, 5.74) is 1.23. The normalized spacial score (nSPS) is 37.5. The molecule has 0 radical (unpaired) electrons. The lowest BCUT2D eigenvalue weighted by Gasteiger charge is -2.49. The third kappa shape index (κ3) is 5.06. The summed E-state index contributed by atoms with van der Waals surface area (Å²) in [7, 11) is 1.72. The van der Waals surface area contributed by atoms with Crippen LogP contribution in [0.4, 0.5) is 0 Å². The highest BCUT2D eigenvalue weighted by Crippen LogP contribution is 2.38. The summed E-state index contributed by atoms with van der Waals surface area (Å²) in [5, 5.41) is 7.56. The molecule has 2 aliphatic heterocycles. The van der Waals surface area contributed by atoms with E-state index in [1.54, 1.807) is 7.11 Å². The summed E-state index contributed by atoms with van der Waals surface area (Å²) in [5.74, 6) is 0.378. The van der Waals surface area contributed by atoms with Crippen LogP contribution < -0.4 is 10.6 Å². The minimum Gasteiger partial charge on any atom is -0.504 e. The van der Waals surface area contributed by atoms with Crippen LogP contribution in [-0.4, -0.2) is 35.0 Å².